The molecule has 0 aromatic heterocycles. The van der Waals surface area contributed by atoms with Gasteiger partial charge in [-0.25, -0.2) is 0 Å². The maximum absolute atomic E-state index is 9.99. The van der Waals surface area contributed by atoms with Crippen molar-refractivity contribution in [2.45, 2.75) is 38.4 Å². The van der Waals surface area contributed by atoms with Gasteiger partial charge < -0.3 is 15.3 Å². The zero-order valence-corrected chi connectivity index (χ0v) is 8.20. The molecule has 0 radical (unpaired) electrons. The fourth-order valence-electron chi connectivity index (χ4n) is 3.08. The number of hydrogen-bond acceptors (Lipinski definition) is 3. The Balaban J connectivity index is 2.22. The molecule has 0 aliphatic heterocycles. The summed E-state index contributed by atoms with van der Waals surface area (Å²) >= 11 is 0. The molecule has 3 heteroatoms. The highest BCUT2D eigenvalue weighted by molar-refractivity contribution is 5.21. The van der Waals surface area contributed by atoms with Crippen molar-refractivity contribution in [3.05, 3.63) is 0 Å². The first-order chi connectivity index (χ1) is 5.97. The average Bonchev–Trinajstić information content (AvgIpc) is 2.75. The molecule has 4 atom stereocenters. The molecule has 2 saturated carbocycles. The molecule has 0 heterocycles. The summed E-state index contributed by atoms with van der Waals surface area (Å²) in [6, 6.07) is 0. The van der Waals surface area contributed by atoms with Crippen LogP contribution in [0, 0.1) is 17.3 Å². The van der Waals surface area contributed by atoms with E-state index in [4.69, 9.17) is 5.11 Å². The molecule has 76 valence electrons. The minimum atomic E-state index is -1.22. The Morgan fingerprint density at radius 3 is 2.31 bits per heavy atom. The molecule has 2 fully saturated rings. The molecule has 13 heavy (non-hydrogen) atoms. The molecule has 2 aliphatic carbocycles. The average molecular weight is 186 g/mol. The van der Waals surface area contributed by atoms with Gasteiger partial charge in [-0.2, -0.15) is 0 Å². The molecule has 2 aliphatic rings. The van der Waals surface area contributed by atoms with Crippen LogP contribution in [0.1, 0.15) is 26.7 Å². The summed E-state index contributed by atoms with van der Waals surface area (Å²) in [5.41, 5.74) is -1.11. The summed E-state index contributed by atoms with van der Waals surface area (Å²) in [4.78, 5) is 0. The van der Waals surface area contributed by atoms with Crippen LogP contribution in [0.5, 0.6) is 0 Å². The second-order valence-corrected chi connectivity index (χ2v) is 5.01. The summed E-state index contributed by atoms with van der Waals surface area (Å²) in [6.45, 7) is 3.93. The zero-order chi connectivity index (χ0) is 9.85. The second kappa shape index (κ2) is 2.47. The van der Waals surface area contributed by atoms with Gasteiger partial charge in [0, 0.05) is 0 Å². The van der Waals surface area contributed by atoms with Gasteiger partial charge in [0.15, 0.2) is 0 Å². The van der Waals surface area contributed by atoms with Gasteiger partial charge in [-0.3, -0.25) is 0 Å². The number of fused-ring (bicyclic) bond motifs is 1. The van der Waals surface area contributed by atoms with Crippen molar-refractivity contribution in [1.82, 2.24) is 0 Å². The Morgan fingerprint density at radius 2 is 2.00 bits per heavy atom. The maximum atomic E-state index is 9.99. The molecule has 0 saturated heterocycles. The van der Waals surface area contributed by atoms with Crippen molar-refractivity contribution in [3.63, 3.8) is 0 Å². The van der Waals surface area contributed by atoms with Crippen LogP contribution in [0.4, 0.5) is 0 Å². The third kappa shape index (κ3) is 0.953. The van der Waals surface area contributed by atoms with Crippen molar-refractivity contribution >= 4 is 0 Å². The monoisotopic (exact) mass is 186 g/mol. The van der Waals surface area contributed by atoms with Crippen LogP contribution in [-0.4, -0.2) is 33.6 Å². The number of aliphatic hydroxyl groups is 3. The largest absolute Gasteiger partial charge is 0.393 e. The Kier molecular flexibility index (Phi) is 1.79. The van der Waals surface area contributed by atoms with E-state index in [0.29, 0.717) is 12.3 Å². The van der Waals surface area contributed by atoms with Crippen LogP contribution in [0.15, 0.2) is 0 Å². The Morgan fingerprint density at radius 1 is 1.38 bits per heavy atom. The lowest BCUT2D eigenvalue weighted by Crippen LogP contribution is -2.44. The lowest BCUT2D eigenvalue weighted by molar-refractivity contribution is -0.103. The predicted octanol–water partition coefficient (Wildman–Crippen LogP) is 0.137. The van der Waals surface area contributed by atoms with Gasteiger partial charge in [0.05, 0.1) is 12.7 Å². The van der Waals surface area contributed by atoms with Crippen LogP contribution < -0.4 is 0 Å². The highest BCUT2D eigenvalue weighted by Crippen LogP contribution is 2.70. The SMILES string of the molecule is CC(C)C12CC(O)C(O)(CO)C1C2. The minimum Gasteiger partial charge on any atom is -0.393 e. The summed E-state index contributed by atoms with van der Waals surface area (Å²) < 4.78 is 0. The topological polar surface area (TPSA) is 60.7 Å². The lowest BCUT2D eigenvalue weighted by Gasteiger charge is -2.26. The van der Waals surface area contributed by atoms with Gasteiger partial charge in [0.1, 0.15) is 5.60 Å². The van der Waals surface area contributed by atoms with E-state index in [1.54, 1.807) is 0 Å². The quantitative estimate of drug-likeness (QED) is 0.574. The molecular weight excluding hydrogens is 168 g/mol. The first-order valence-electron chi connectivity index (χ1n) is 4.98. The maximum Gasteiger partial charge on any atom is 0.117 e. The fraction of sp³-hybridized carbons (Fsp3) is 1.00. The summed E-state index contributed by atoms with van der Waals surface area (Å²) in [7, 11) is 0. The van der Waals surface area contributed by atoms with Crippen LogP contribution in [0.25, 0.3) is 0 Å². The van der Waals surface area contributed by atoms with Crippen molar-refractivity contribution in [2.75, 3.05) is 6.61 Å². The van der Waals surface area contributed by atoms with E-state index in [-0.39, 0.29) is 17.9 Å². The van der Waals surface area contributed by atoms with E-state index >= 15 is 0 Å². The van der Waals surface area contributed by atoms with Gasteiger partial charge in [0.2, 0.25) is 0 Å². The van der Waals surface area contributed by atoms with E-state index in [1.165, 1.54) is 0 Å². The molecule has 4 unspecified atom stereocenters. The number of aliphatic hydroxyl groups excluding tert-OH is 2. The molecule has 0 bridgehead atoms. The van der Waals surface area contributed by atoms with E-state index in [0.717, 1.165) is 6.42 Å². The third-order valence-corrected chi connectivity index (χ3v) is 4.27. The van der Waals surface area contributed by atoms with E-state index in [9.17, 15) is 10.2 Å². The second-order valence-electron chi connectivity index (χ2n) is 5.01. The molecule has 0 aromatic carbocycles. The van der Waals surface area contributed by atoms with E-state index < -0.39 is 11.7 Å². The smallest absolute Gasteiger partial charge is 0.117 e. The zero-order valence-electron chi connectivity index (χ0n) is 8.20. The molecule has 0 aromatic rings. The first kappa shape index (κ1) is 9.44. The molecular formula is C10H18O3. The number of hydrogen-bond donors (Lipinski definition) is 3. The lowest BCUT2D eigenvalue weighted by atomic mass is 9.89. The van der Waals surface area contributed by atoms with Crippen LogP contribution in [0.3, 0.4) is 0 Å². The molecule has 2 rings (SSSR count). The predicted molar refractivity (Wildman–Crippen MR) is 48.0 cm³/mol. The molecule has 3 nitrogen and oxygen atoms in total. The van der Waals surface area contributed by atoms with Crippen LogP contribution in [0.2, 0.25) is 0 Å². The van der Waals surface area contributed by atoms with Gasteiger partial charge >= 0.3 is 0 Å². The van der Waals surface area contributed by atoms with E-state index in [1.807, 2.05) is 0 Å². The van der Waals surface area contributed by atoms with Crippen molar-refractivity contribution in [1.29, 1.82) is 0 Å². The number of rotatable bonds is 2. The molecule has 0 amide bonds. The molecule has 0 spiro atoms. The fourth-order valence-corrected chi connectivity index (χ4v) is 3.08. The first-order valence-corrected chi connectivity index (χ1v) is 4.98. The summed E-state index contributed by atoms with van der Waals surface area (Å²) in [6.07, 6.45) is 0.865. The van der Waals surface area contributed by atoms with Crippen LogP contribution >= 0.6 is 0 Å². The summed E-state index contributed by atoms with van der Waals surface area (Å²) in [5.74, 6) is 0.590. The highest BCUT2D eigenvalue weighted by atomic mass is 16.4. The van der Waals surface area contributed by atoms with Crippen molar-refractivity contribution in [2.24, 2.45) is 17.3 Å². The van der Waals surface area contributed by atoms with Gasteiger partial charge in [-0.15, -0.1) is 0 Å². The highest BCUT2D eigenvalue weighted by Gasteiger charge is 2.72. The standard InChI is InChI=1S/C10H18O3/c1-6(2)9-3-7(9)10(13,5-11)8(12)4-9/h6-8,11-13H,3-5H2,1-2H3. The van der Waals surface area contributed by atoms with Gasteiger partial charge in [0.25, 0.3) is 0 Å². The van der Waals surface area contributed by atoms with Crippen molar-refractivity contribution in [3.8, 4) is 0 Å². The van der Waals surface area contributed by atoms with Crippen LogP contribution in [-0.2, 0) is 0 Å². The van der Waals surface area contributed by atoms with E-state index in [2.05, 4.69) is 13.8 Å². The van der Waals surface area contributed by atoms with Gasteiger partial charge in [-0.05, 0) is 30.1 Å². The van der Waals surface area contributed by atoms with Gasteiger partial charge in [-0.1, -0.05) is 13.8 Å². The van der Waals surface area contributed by atoms with Crippen molar-refractivity contribution < 1.29 is 15.3 Å². The normalized spacial score (nSPS) is 54.0. The minimum absolute atomic E-state index is 0.108. The Bertz CT molecular complexity index is 228. The third-order valence-electron chi connectivity index (χ3n) is 4.27. The Labute approximate surface area is 78.4 Å². The summed E-state index contributed by atoms with van der Waals surface area (Å²) in [5, 5.41) is 28.7. The molecule has 3 N–H and O–H groups in total. The Hall–Kier alpha value is -0.120.